The Morgan fingerprint density at radius 1 is 1.31 bits per heavy atom. The second kappa shape index (κ2) is 7.91. The molecule has 0 bridgehead atoms. The highest BCUT2D eigenvalue weighted by Gasteiger charge is 2.22. The number of piperidine rings is 1. The van der Waals surface area contributed by atoms with E-state index in [2.05, 4.69) is 24.1 Å². The molecule has 6 nitrogen and oxygen atoms in total. The van der Waals surface area contributed by atoms with Crippen LogP contribution in [-0.2, 0) is 4.79 Å². The molecule has 0 atom stereocenters. The third-order valence-corrected chi connectivity index (χ3v) is 4.92. The summed E-state index contributed by atoms with van der Waals surface area (Å²) in [6, 6.07) is 7.48. The number of nitrogens with zero attached hydrogens (tertiary/aromatic N) is 1. The van der Waals surface area contributed by atoms with Gasteiger partial charge in [-0.25, -0.2) is 4.79 Å². The lowest BCUT2D eigenvalue weighted by molar-refractivity contribution is -0.124. The highest BCUT2D eigenvalue weighted by molar-refractivity contribution is 5.81. The number of carbonyl (C=O) groups is 1. The summed E-state index contributed by atoms with van der Waals surface area (Å²) in [5.41, 5.74) is 0.930. The van der Waals surface area contributed by atoms with Crippen LogP contribution in [0.5, 0.6) is 5.75 Å². The number of rotatable bonds is 5. The summed E-state index contributed by atoms with van der Waals surface area (Å²) < 4.78 is 10.8. The smallest absolute Gasteiger partial charge is 0.336 e. The maximum absolute atomic E-state index is 12.1. The fourth-order valence-corrected chi connectivity index (χ4v) is 3.37. The Hall–Kier alpha value is -2.34. The van der Waals surface area contributed by atoms with Gasteiger partial charge in [0.1, 0.15) is 11.3 Å². The molecular weight excluding hydrogens is 332 g/mol. The number of nitrogens with one attached hydrogen (secondary N) is 1. The summed E-state index contributed by atoms with van der Waals surface area (Å²) in [5, 5.41) is 3.90. The summed E-state index contributed by atoms with van der Waals surface area (Å²) in [7, 11) is 0. The zero-order valence-corrected chi connectivity index (χ0v) is 15.6. The van der Waals surface area contributed by atoms with Crippen LogP contribution >= 0.6 is 0 Å². The van der Waals surface area contributed by atoms with Crippen LogP contribution in [-0.4, -0.2) is 42.6 Å². The van der Waals surface area contributed by atoms with Gasteiger partial charge in [0.05, 0.1) is 0 Å². The van der Waals surface area contributed by atoms with Crippen LogP contribution in [0.15, 0.2) is 33.5 Å². The first kappa shape index (κ1) is 18.5. The van der Waals surface area contributed by atoms with E-state index in [0.717, 1.165) is 36.9 Å². The van der Waals surface area contributed by atoms with Crippen LogP contribution < -0.4 is 15.7 Å². The molecule has 26 heavy (non-hydrogen) atoms. The number of fused-ring (bicyclic) bond motifs is 1. The molecule has 140 valence electrons. The normalized spacial score (nSPS) is 16.2. The standard InChI is InChI=1S/C20H26N2O4/c1-13(2)22-8-6-15(7-9-22)21-19(23)12-25-16-4-5-17-14(3)10-20(24)26-18(17)11-16/h4-5,10-11,13,15H,6-9,12H2,1-3H3,(H,21,23). The molecule has 6 heteroatoms. The number of amides is 1. The molecule has 2 heterocycles. The zero-order valence-electron chi connectivity index (χ0n) is 15.6. The van der Waals surface area contributed by atoms with Crippen LogP contribution in [0.3, 0.4) is 0 Å². The fraction of sp³-hybridized carbons (Fsp3) is 0.500. The van der Waals surface area contributed by atoms with Crippen LogP contribution in [0.2, 0.25) is 0 Å². The Labute approximate surface area is 153 Å². The first-order chi connectivity index (χ1) is 12.4. The molecule has 0 spiro atoms. The third-order valence-electron chi connectivity index (χ3n) is 4.92. The van der Waals surface area contributed by atoms with Gasteiger partial charge >= 0.3 is 5.63 Å². The lowest BCUT2D eigenvalue weighted by atomic mass is 10.0. The number of likely N-dealkylation sites (tertiary alicyclic amines) is 1. The largest absolute Gasteiger partial charge is 0.484 e. The highest BCUT2D eigenvalue weighted by atomic mass is 16.5. The number of ether oxygens (including phenoxy) is 1. The third kappa shape index (κ3) is 4.43. The second-order valence-electron chi connectivity index (χ2n) is 7.17. The van der Waals surface area contributed by atoms with Crippen molar-refractivity contribution in [3.05, 3.63) is 40.2 Å². The summed E-state index contributed by atoms with van der Waals surface area (Å²) in [5.74, 6) is 0.384. The maximum Gasteiger partial charge on any atom is 0.336 e. The Morgan fingerprint density at radius 2 is 2.04 bits per heavy atom. The second-order valence-corrected chi connectivity index (χ2v) is 7.17. The minimum atomic E-state index is -0.391. The molecule has 1 aromatic carbocycles. The Balaban J connectivity index is 1.53. The van der Waals surface area contributed by atoms with Crippen molar-refractivity contribution in [3.63, 3.8) is 0 Å². The molecule has 1 fully saturated rings. The molecule has 1 aliphatic heterocycles. The van der Waals surface area contributed by atoms with Gasteiger partial charge in [0, 0.05) is 42.7 Å². The van der Waals surface area contributed by atoms with E-state index in [9.17, 15) is 9.59 Å². The molecular formula is C20H26N2O4. The molecule has 3 rings (SSSR count). The summed E-state index contributed by atoms with van der Waals surface area (Å²) in [6.45, 7) is 8.21. The van der Waals surface area contributed by atoms with E-state index >= 15 is 0 Å². The van der Waals surface area contributed by atoms with Gasteiger partial charge in [-0.15, -0.1) is 0 Å². The first-order valence-corrected chi connectivity index (χ1v) is 9.13. The van der Waals surface area contributed by atoms with Crippen molar-refractivity contribution >= 4 is 16.9 Å². The maximum atomic E-state index is 12.1. The summed E-state index contributed by atoms with van der Waals surface area (Å²) in [4.78, 5) is 26.1. The van der Waals surface area contributed by atoms with Gasteiger partial charge in [0.15, 0.2) is 6.61 Å². The number of benzene rings is 1. The molecule has 1 aromatic heterocycles. The molecule has 0 aliphatic carbocycles. The molecule has 1 N–H and O–H groups in total. The number of hydrogen-bond donors (Lipinski definition) is 1. The summed E-state index contributed by atoms with van der Waals surface area (Å²) >= 11 is 0. The SMILES string of the molecule is Cc1cc(=O)oc2cc(OCC(=O)NC3CCN(C(C)C)CC3)ccc12. The quantitative estimate of drug-likeness (QED) is 0.832. The average Bonchev–Trinajstić information content (AvgIpc) is 2.60. The van der Waals surface area contributed by atoms with E-state index in [4.69, 9.17) is 9.15 Å². The molecule has 1 saturated heterocycles. The van der Waals surface area contributed by atoms with Gasteiger partial charge in [0.25, 0.3) is 5.91 Å². The van der Waals surface area contributed by atoms with Crippen molar-refractivity contribution in [2.45, 2.75) is 45.7 Å². The zero-order chi connectivity index (χ0) is 18.7. The fourth-order valence-electron chi connectivity index (χ4n) is 3.37. The van der Waals surface area contributed by atoms with E-state index in [-0.39, 0.29) is 18.6 Å². The van der Waals surface area contributed by atoms with Crippen LogP contribution in [0.4, 0.5) is 0 Å². The van der Waals surface area contributed by atoms with Crippen molar-refractivity contribution in [1.82, 2.24) is 10.2 Å². The Morgan fingerprint density at radius 3 is 2.73 bits per heavy atom. The highest BCUT2D eigenvalue weighted by Crippen LogP contribution is 2.22. The van der Waals surface area contributed by atoms with E-state index in [1.165, 1.54) is 6.07 Å². The van der Waals surface area contributed by atoms with Crippen molar-refractivity contribution in [2.75, 3.05) is 19.7 Å². The monoisotopic (exact) mass is 358 g/mol. The average molecular weight is 358 g/mol. The van der Waals surface area contributed by atoms with Crippen LogP contribution in [0, 0.1) is 6.92 Å². The molecule has 0 saturated carbocycles. The van der Waals surface area contributed by atoms with E-state index < -0.39 is 5.63 Å². The predicted octanol–water partition coefficient (Wildman–Crippen LogP) is 2.47. The van der Waals surface area contributed by atoms with E-state index in [0.29, 0.717) is 17.4 Å². The topological polar surface area (TPSA) is 71.8 Å². The van der Waals surface area contributed by atoms with Crippen LogP contribution in [0.1, 0.15) is 32.3 Å². The van der Waals surface area contributed by atoms with Gasteiger partial charge in [-0.2, -0.15) is 0 Å². The van der Waals surface area contributed by atoms with Gasteiger partial charge < -0.3 is 19.4 Å². The minimum absolute atomic E-state index is 0.0497. The molecule has 0 unspecified atom stereocenters. The lowest BCUT2D eigenvalue weighted by Crippen LogP contribution is -2.47. The minimum Gasteiger partial charge on any atom is -0.484 e. The predicted molar refractivity (Wildman–Crippen MR) is 101 cm³/mol. The van der Waals surface area contributed by atoms with E-state index in [1.54, 1.807) is 12.1 Å². The van der Waals surface area contributed by atoms with Crippen molar-refractivity contribution in [1.29, 1.82) is 0 Å². The lowest BCUT2D eigenvalue weighted by Gasteiger charge is -2.34. The van der Waals surface area contributed by atoms with E-state index in [1.807, 2.05) is 13.0 Å². The molecule has 1 aliphatic rings. The molecule has 1 amide bonds. The van der Waals surface area contributed by atoms with Crippen molar-refractivity contribution in [2.24, 2.45) is 0 Å². The number of hydrogen-bond acceptors (Lipinski definition) is 5. The first-order valence-electron chi connectivity index (χ1n) is 9.13. The van der Waals surface area contributed by atoms with Gasteiger partial charge in [0.2, 0.25) is 0 Å². The Kier molecular flexibility index (Phi) is 5.61. The van der Waals surface area contributed by atoms with Gasteiger partial charge in [-0.1, -0.05) is 0 Å². The van der Waals surface area contributed by atoms with Gasteiger partial charge in [-0.3, -0.25) is 4.79 Å². The summed E-state index contributed by atoms with van der Waals surface area (Å²) in [6.07, 6.45) is 1.93. The number of aryl methyl sites for hydroxylation is 1. The van der Waals surface area contributed by atoms with Gasteiger partial charge in [-0.05, 0) is 51.3 Å². The molecule has 0 radical (unpaired) electrons. The van der Waals surface area contributed by atoms with Crippen LogP contribution in [0.25, 0.3) is 11.0 Å². The number of carbonyl (C=O) groups excluding carboxylic acids is 1. The molecule has 2 aromatic rings. The Bertz CT molecular complexity index is 835. The van der Waals surface area contributed by atoms with Crippen molar-refractivity contribution < 1.29 is 13.9 Å². The van der Waals surface area contributed by atoms with Crippen molar-refractivity contribution in [3.8, 4) is 5.75 Å².